The summed E-state index contributed by atoms with van der Waals surface area (Å²) in [5.74, 6) is -0.272. The Morgan fingerprint density at radius 3 is 2.42 bits per heavy atom. The smallest absolute Gasteiger partial charge is 0.225 e. The van der Waals surface area contributed by atoms with Gasteiger partial charge in [0.25, 0.3) is 0 Å². The summed E-state index contributed by atoms with van der Waals surface area (Å²) in [5, 5.41) is 0.0837. The molecule has 0 aliphatic carbocycles. The highest BCUT2D eigenvalue weighted by molar-refractivity contribution is 7.88. The molecule has 0 aromatic heterocycles. The number of carbonyl (C=O) groups is 1. The molecular formula is C23H28ClFN2O5S. The topological polar surface area (TPSA) is 76.2 Å². The predicted octanol–water partition coefficient (Wildman–Crippen LogP) is 3.70. The molecule has 0 atom stereocenters. The number of benzene rings is 2. The Balaban J connectivity index is 1.59. The first kappa shape index (κ1) is 25.3. The van der Waals surface area contributed by atoms with Gasteiger partial charge in [-0.3, -0.25) is 4.79 Å². The maximum Gasteiger partial charge on any atom is 0.225 e. The molecule has 2 aromatic carbocycles. The molecule has 1 fully saturated rings. The molecular weight excluding hydrogens is 471 g/mol. The van der Waals surface area contributed by atoms with E-state index in [9.17, 15) is 17.6 Å². The third kappa shape index (κ3) is 5.96. The third-order valence-corrected chi connectivity index (χ3v) is 7.99. The average Bonchev–Trinajstić information content (AvgIpc) is 2.81. The lowest BCUT2D eigenvalue weighted by Crippen LogP contribution is -2.43. The first-order valence-electron chi connectivity index (χ1n) is 10.5. The number of halogens is 2. The summed E-state index contributed by atoms with van der Waals surface area (Å²) >= 11 is 5.99. The molecule has 1 aliphatic rings. The van der Waals surface area contributed by atoms with Crippen LogP contribution < -0.4 is 9.47 Å². The van der Waals surface area contributed by atoms with E-state index >= 15 is 0 Å². The number of ether oxygens (including phenoxy) is 2. The van der Waals surface area contributed by atoms with Crippen molar-refractivity contribution >= 4 is 27.5 Å². The molecule has 180 valence electrons. The van der Waals surface area contributed by atoms with E-state index in [1.807, 2.05) is 12.1 Å². The number of rotatable bonds is 8. The Hall–Kier alpha value is -2.36. The maximum absolute atomic E-state index is 14.0. The van der Waals surface area contributed by atoms with Crippen LogP contribution in [0.15, 0.2) is 36.4 Å². The molecule has 0 spiro atoms. The number of sulfonamides is 1. The highest BCUT2D eigenvalue weighted by atomic mass is 35.5. The average molecular weight is 499 g/mol. The van der Waals surface area contributed by atoms with Crippen LogP contribution in [0.25, 0.3) is 0 Å². The van der Waals surface area contributed by atoms with E-state index < -0.39 is 21.6 Å². The van der Waals surface area contributed by atoms with Crippen LogP contribution in [-0.2, 0) is 27.1 Å². The molecule has 1 heterocycles. The molecule has 0 bridgehead atoms. The lowest BCUT2D eigenvalue weighted by molar-refractivity contribution is -0.135. The zero-order valence-electron chi connectivity index (χ0n) is 18.9. The Morgan fingerprint density at radius 2 is 1.82 bits per heavy atom. The van der Waals surface area contributed by atoms with Gasteiger partial charge >= 0.3 is 0 Å². The lowest BCUT2D eigenvalue weighted by Gasteiger charge is -2.32. The zero-order valence-corrected chi connectivity index (χ0v) is 20.5. The van der Waals surface area contributed by atoms with E-state index in [1.54, 1.807) is 32.2 Å². The van der Waals surface area contributed by atoms with Crippen molar-refractivity contribution in [2.24, 2.45) is 5.92 Å². The van der Waals surface area contributed by atoms with Gasteiger partial charge in [-0.2, -0.15) is 0 Å². The summed E-state index contributed by atoms with van der Waals surface area (Å²) in [6, 6.07) is 9.57. The molecule has 1 amide bonds. The lowest BCUT2D eigenvalue weighted by atomic mass is 9.96. The minimum absolute atomic E-state index is 0.0352. The van der Waals surface area contributed by atoms with E-state index in [0.717, 1.165) is 5.56 Å². The molecule has 7 nitrogen and oxygen atoms in total. The summed E-state index contributed by atoms with van der Waals surface area (Å²) < 4.78 is 51.5. The van der Waals surface area contributed by atoms with Gasteiger partial charge in [-0.1, -0.05) is 23.7 Å². The van der Waals surface area contributed by atoms with Gasteiger partial charge in [0.2, 0.25) is 15.9 Å². The molecule has 0 unspecified atom stereocenters. The zero-order chi connectivity index (χ0) is 24.2. The number of carbonyl (C=O) groups excluding carboxylic acids is 1. The Bertz CT molecular complexity index is 1080. The van der Waals surface area contributed by atoms with Crippen molar-refractivity contribution < 1.29 is 27.1 Å². The highest BCUT2D eigenvalue weighted by Crippen LogP contribution is 2.29. The normalized spacial score (nSPS) is 15.3. The second kappa shape index (κ2) is 10.7. The number of amides is 1. The van der Waals surface area contributed by atoms with Crippen LogP contribution >= 0.6 is 11.6 Å². The molecule has 1 saturated heterocycles. The molecule has 33 heavy (non-hydrogen) atoms. The SMILES string of the molecule is COc1ccc(CN(C)C(=O)C2CCN(S(=O)(=O)Cc3c(F)cccc3Cl)CC2)cc1OC. The summed E-state index contributed by atoms with van der Waals surface area (Å²) in [7, 11) is 1.08. The van der Waals surface area contributed by atoms with Crippen LogP contribution in [0.5, 0.6) is 11.5 Å². The largest absolute Gasteiger partial charge is 0.493 e. The van der Waals surface area contributed by atoms with Crippen molar-refractivity contribution in [1.29, 1.82) is 0 Å². The van der Waals surface area contributed by atoms with Gasteiger partial charge in [-0.05, 0) is 42.7 Å². The van der Waals surface area contributed by atoms with Crippen LogP contribution in [0, 0.1) is 11.7 Å². The summed E-state index contributed by atoms with van der Waals surface area (Å²) in [4.78, 5) is 14.6. The minimum atomic E-state index is -3.76. The molecule has 0 radical (unpaired) electrons. The summed E-state index contributed by atoms with van der Waals surface area (Å²) in [6.07, 6.45) is 0.804. The van der Waals surface area contributed by atoms with Gasteiger partial charge < -0.3 is 14.4 Å². The molecule has 2 aromatic rings. The van der Waals surface area contributed by atoms with Crippen molar-refractivity contribution in [3.63, 3.8) is 0 Å². The van der Waals surface area contributed by atoms with Crippen LogP contribution in [0.1, 0.15) is 24.0 Å². The van der Waals surface area contributed by atoms with Crippen molar-refractivity contribution in [1.82, 2.24) is 9.21 Å². The Morgan fingerprint density at radius 1 is 1.15 bits per heavy atom. The second-order valence-electron chi connectivity index (χ2n) is 8.01. The van der Waals surface area contributed by atoms with Gasteiger partial charge in [0.1, 0.15) is 5.82 Å². The molecule has 0 saturated carbocycles. The van der Waals surface area contributed by atoms with Gasteiger partial charge in [0, 0.05) is 43.2 Å². The van der Waals surface area contributed by atoms with Crippen molar-refractivity contribution in [3.05, 3.63) is 58.4 Å². The number of hydrogen-bond acceptors (Lipinski definition) is 5. The first-order valence-corrected chi connectivity index (χ1v) is 12.5. The van der Waals surface area contributed by atoms with E-state index in [0.29, 0.717) is 30.9 Å². The van der Waals surface area contributed by atoms with Gasteiger partial charge in [0.05, 0.1) is 20.0 Å². The third-order valence-electron chi connectivity index (χ3n) is 5.83. The van der Waals surface area contributed by atoms with Gasteiger partial charge in [-0.15, -0.1) is 0 Å². The van der Waals surface area contributed by atoms with E-state index in [-0.39, 0.29) is 35.5 Å². The monoisotopic (exact) mass is 498 g/mol. The summed E-state index contributed by atoms with van der Waals surface area (Å²) in [5.41, 5.74) is 0.859. The number of nitrogens with zero attached hydrogens (tertiary/aromatic N) is 2. The molecule has 0 N–H and O–H groups in total. The molecule has 3 rings (SSSR count). The number of methoxy groups -OCH3 is 2. The van der Waals surface area contributed by atoms with Crippen molar-refractivity contribution in [2.75, 3.05) is 34.4 Å². The van der Waals surface area contributed by atoms with E-state index in [4.69, 9.17) is 21.1 Å². The molecule has 1 aliphatic heterocycles. The minimum Gasteiger partial charge on any atom is -0.493 e. The van der Waals surface area contributed by atoms with E-state index in [2.05, 4.69) is 0 Å². The standard InChI is InChI=1S/C23H28ClFN2O5S/c1-26(14-16-7-8-21(31-2)22(13-16)32-3)23(28)17-9-11-27(12-10-17)33(29,30)15-18-19(24)5-4-6-20(18)25/h4-8,13,17H,9-12,14-15H2,1-3H3. The number of hydrogen-bond donors (Lipinski definition) is 0. The van der Waals surface area contributed by atoms with Crippen LogP contribution in [-0.4, -0.2) is 57.9 Å². The van der Waals surface area contributed by atoms with Gasteiger partial charge in [0.15, 0.2) is 11.5 Å². The fourth-order valence-corrected chi connectivity index (χ4v) is 5.88. The van der Waals surface area contributed by atoms with E-state index in [1.165, 1.54) is 22.5 Å². The fraction of sp³-hybridized carbons (Fsp3) is 0.435. The first-order chi connectivity index (χ1) is 15.7. The number of piperidine rings is 1. The van der Waals surface area contributed by atoms with Gasteiger partial charge in [-0.25, -0.2) is 17.1 Å². The Labute approximate surface area is 199 Å². The summed E-state index contributed by atoms with van der Waals surface area (Å²) in [6.45, 7) is 0.799. The Kier molecular flexibility index (Phi) is 8.20. The quantitative estimate of drug-likeness (QED) is 0.554. The fourth-order valence-electron chi connectivity index (χ4n) is 3.97. The van der Waals surface area contributed by atoms with Crippen molar-refractivity contribution in [2.45, 2.75) is 25.1 Å². The second-order valence-corrected chi connectivity index (χ2v) is 10.4. The predicted molar refractivity (Wildman–Crippen MR) is 124 cm³/mol. The van der Waals surface area contributed by atoms with Crippen molar-refractivity contribution in [3.8, 4) is 11.5 Å². The van der Waals surface area contributed by atoms with Crippen LogP contribution in [0.2, 0.25) is 5.02 Å². The maximum atomic E-state index is 14.0. The highest BCUT2D eigenvalue weighted by Gasteiger charge is 2.33. The molecule has 10 heteroatoms. The van der Waals surface area contributed by atoms with Crippen LogP contribution in [0.3, 0.4) is 0 Å². The van der Waals surface area contributed by atoms with Crippen LogP contribution in [0.4, 0.5) is 4.39 Å².